The molecule has 0 heterocycles. The molecule has 1 aliphatic rings. The van der Waals surface area contributed by atoms with Crippen molar-refractivity contribution < 1.29 is 9.90 Å². The summed E-state index contributed by atoms with van der Waals surface area (Å²) in [5, 5.41) is 9.49. The van der Waals surface area contributed by atoms with Gasteiger partial charge in [-0.2, -0.15) is 0 Å². The quantitative estimate of drug-likeness (QED) is 0.864. The van der Waals surface area contributed by atoms with E-state index in [1.165, 1.54) is 16.7 Å². The number of rotatable bonds is 4. The molecule has 0 aliphatic heterocycles. The standard InChI is InChI=1S/C15H20O2/c1-10-5-4-6-11(2)13(10)9-15(3,14(16)17)12-7-8-12/h4-6,12H,7-9H2,1-3H3,(H,16,17). The lowest BCUT2D eigenvalue weighted by atomic mass is 9.77. The minimum Gasteiger partial charge on any atom is -0.481 e. The molecular formula is C15H20O2. The van der Waals surface area contributed by atoms with Crippen LogP contribution in [0.2, 0.25) is 0 Å². The molecule has 1 unspecified atom stereocenters. The van der Waals surface area contributed by atoms with Crippen LogP contribution in [0, 0.1) is 25.2 Å². The number of benzene rings is 1. The molecule has 1 aliphatic carbocycles. The molecule has 2 rings (SSSR count). The molecule has 2 nitrogen and oxygen atoms in total. The van der Waals surface area contributed by atoms with Gasteiger partial charge in [0.2, 0.25) is 0 Å². The highest BCUT2D eigenvalue weighted by Gasteiger charge is 2.47. The zero-order valence-corrected chi connectivity index (χ0v) is 10.8. The molecule has 0 bridgehead atoms. The van der Waals surface area contributed by atoms with E-state index in [0.717, 1.165) is 12.8 Å². The third-order valence-corrected chi connectivity index (χ3v) is 4.16. The van der Waals surface area contributed by atoms with Crippen LogP contribution in [-0.2, 0) is 11.2 Å². The van der Waals surface area contributed by atoms with Gasteiger partial charge in [0, 0.05) is 0 Å². The van der Waals surface area contributed by atoms with Crippen LogP contribution < -0.4 is 0 Å². The van der Waals surface area contributed by atoms with E-state index in [2.05, 4.69) is 26.0 Å². The lowest BCUT2D eigenvalue weighted by Gasteiger charge is -2.26. The summed E-state index contributed by atoms with van der Waals surface area (Å²) < 4.78 is 0. The van der Waals surface area contributed by atoms with E-state index in [-0.39, 0.29) is 0 Å². The maximum atomic E-state index is 11.5. The van der Waals surface area contributed by atoms with Gasteiger partial charge in [0.25, 0.3) is 0 Å². The average molecular weight is 232 g/mol. The second-order valence-electron chi connectivity index (χ2n) is 5.54. The molecule has 1 saturated carbocycles. The van der Waals surface area contributed by atoms with E-state index in [4.69, 9.17) is 0 Å². The van der Waals surface area contributed by atoms with Crippen molar-refractivity contribution in [2.75, 3.05) is 0 Å². The van der Waals surface area contributed by atoms with Crippen LogP contribution in [0.15, 0.2) is 18.2 Å². The van der Waals surface area contributed by atoms with E-state index < -0.39 is 11.4 Å². The number of carboxylic acid groups (broad SMARTS) is 1. The Kier molecular flexibility index (Phi) is 2.98. The number of carbonyl (C=O) groups is 1. The monoisotopic (exact) mass is 232 g/mol. The van der Waals surface area contributed by atoms with Gasteiger partial charge in [-0.1, -0.05) is 18.2 Å². The Morgan fingerprint density at radius 1 is 1.35 bits per heavy atom. The van der Waals surface area contributed by atoms with Crippen molar-refractivity contribution in [1.82, 2.24) is 0 Å². The van der Waals surface area contributed by atoms with E-state index >= 15 is 0 Å². The molecule has 0 spiro atoms. The number of aryl methyl sites for hydroxylation is 2. The van der Waals surface area contributed by atoms with Gasteiger partial charge in [0.15, 0.2) is 0 Å². The van der Waals surface area contributed by atoms with Gasteiger partial charge in [-0.25, -0.2) is 0 Å². The summed E-state index contributed by atoms with van der Waals surface area (Å²) in [6, 6.07) is 6.17. The van der Waals surface area contributed by atoms with Gasteiger partial charge in [0.05, 0.1) is 5.41 Å². The molecule has 0 radical (unpaired) electrons. The molecule has 2 heteroatoms. The lowest BCUT2D eigenvalue weighted by molar-refractivity contribution is -0.149. The van der Waals surface area contributed by atoms with Gasteiger partial charge >= 0.3 is 5.97 Å². The molecule has 0 saturated heterocycles. The zero-order chi connectivity index (χ0) is 12.6. The number of hydrogen-bond acceptors (Lipinski definition) is 1. The van der Waals surface area contributed by atoms with Crippen molar-refractivity contribution in [3.63, 3.8) is 0 Å². The predicted molar refractivity (Wildman–Crippen MR) is 68.1 cm³/mol. The molecule has 0 amide bonds. The van der Waals surface area contributed by atoms with Crippen LogP contribution in [0.1, 0.15) is 36.5 Å². The summed E-state index contributed by atoms with van der Waals surface area (Å²) in [4.78, 5) is 11.5. The first-order chi connectivity index (χ1) is 7.95. The highest BCUT2D eigenvalue weighted by molar-refractivity contribution is 5.75. The van der Waals surface area contributed by atoms with Crippen molar-refractivity contribution in [3.8, 4) is 0 Å². The highest BCUT2D eigenvalue weighted by Crippen LogP contribution is 2.48. The first-order valence-corrected chi connectivity index (χ1v) is 6.23. The van der Waals surface area contributed by atoms with Crippen LogP contribution in [0.4, 0.5) is 0 Å². The van der Waals surface area contributed by atoms with Gasteiger partial charge < -0.3 is 5.11 Å². The summed E-state index contributed by atoms with van der Waals surface area (Å²) in [6.45, 7) is 6.04. The van der Waals surface area contributed by atoms with Gasteiger partial charge in [-0.05, 0) is 62.6 Å². The van der Waals surface area contributed by atoms with E-state index in [0.29, 0.717) is 12.3 Å². The number of hydrogen-bond donors (Lipinski definition) is 1. The van der Waals surface area contributed by atoms with Crippen LogP contribution >= 0.6 is 0 Å². The fourth-order valence-electron chi connectivity index (χ4n) is 2.61. The lowest BCUT2D eigenvalue weighted by Crippen LogP contribution is -2.32. The van der Waals surface area contributed by atoms with Crippen LogP contribution in [0.3, 0.4) is 0 Å². The second kappa shape index (κ2) is 4.17. The normalized spacial score (nSPS) is 18.8. The molecule has 92 valence electrons. The van der Waals surface area contributed by atoms with E-state index in [1.54, 1.807) is 0 Å². The third-order valence-electron chi connectivity index (χ3n) is 4.16. The first-order valence-electron chi connectivity index (χ1n) is 6.23. The smallest absolute Gasteiger partial charge is 0.309 e. The first kappa shape index (κ1) is 12.2. The maximum Gasteiger partial charge on any atom is 0.309 e. The van der Waals surface area contributed by atoms with Crippen LogP contribution in [0.25, 0.3) is 0 Å². The minimum absolute atomic E-state index is 0.360. The highest BCUT2D eigenvalue weighted by atomic mass is 16.4. The van der Waals surface area contributed by atoms with Crippen molar-refractivity contribution in [2.45, 2.75) is 40.0 Å². The maximum absolute atomic E-state index is 11.5. The van der Waals surface area contributed by atoms with Crippen molar-refractivity contribution in [2.24, 2.45) is 11.3 Å². The molecule has 1 aromatic carbocycles. The predicted octanol–water partition coefficient (Wildman–Crippen LogP) is 3.35. The summed E-state index contributed by atoms with van der Waals surface area (Å²) in [7, 11) is 0. The Hall–Kier alpha value is -1.31. The summed E-state index contributed by atoms with van der Waals surface area (Å²) in [6.07, 6.45) is 2.78. The van der Waals surface area contributed by atoms with Crippen molar-refractivity contribution >= 4 is 5.97 Å². The summed E-state index contributed by atoms with van der Waals surface area (Å²) in [5.74, 6) is -0.290. The van der Waals surface area contributed by atoms with Crippen LogP contribution in [0.5, 0.6) is 0 Å². The van der Waals surface area contributed by atoms with E-state index in [1.807, 2.05) is 13.0 Å². The molecule has 1 fully saturated rings. The molecule has 1 N–H and O–H groups in total. The summed E-state index contributed by atoms with van der Waals surface area (Å²) >= 11 is 0. The Labute approximate surface area is 103 Å². The third kappa shape index (κ3) is 2.21. The Morgan fingerprint density at radius 2 is 1.88 bits per heavy atom. The topological polar surface area (TPSA) is 37.3 Å². The molecular weight excluding hydrogens is 212 g/mol. The van der Waals surface area contributed by atoms with E-state index in [9.17, 15) is 9.90 Å². The molecule has 1 aromatic rings. The fourth-order valence-corrected chi connectivity index (χ4v) is 2.61. The fraction of sp³-hybridized carbons (Fsp3) is 0.533. The Morgan fingerprint density at radius 3 is 2.29 bits per heavy atom. The zero-order valence-electron chi connectivity index (χ0n) is 10.8. The Bertz CT molecular complexity index is 426. The molecule has 0 aromatic heterocycles. The molecule has 1 atom stereocenters. The van der Waals surface area contributed by atoms with Gasteiger partial charge in [-0.3, -0.25) is 4.79 Å². The number of carboxylic acids is 1. The van der Waals surface area contributed by atoms with Crippen molar-refractivity contribution in [3.05, 3.63) is 34.9 Å². The minimum atomic E-state index is -0.650. The van der Waals surface area contributed by atoms with Crippen LogP contribution in [-0.4, -0.2) is 11.1 Å². The van der Waals surface area contributed by atoms with Gasteiger partial charge in [0.1, 0.15) is 0 Å². The van der Waals surface area contributed by atoms with Crippen molar-refractivity contribution in [1.29, 1.82) is 0 Å². The number of aliphatic carboxylic acids is 1. The largest absolute Gasteiger partial charge is 0.481 e. The summed E-state index contributed by atoms with van der Waals surface area (Å²) in [5.41, 5.74) is 3.04. The molecule has 17 heavy (non-hydrogen) atoms. The SMILES string of the molecule is Cc1cccc(C)c1CC(C)(C(=O)O)C1CC1. The second-order valence-corrected chi connectivity index (χ2v) is 5.54. The average Bonchev–Trinajstić information content (AvgIpc) is 3.07. The Balaban J connectivity index is 2.33. The van der Waals surface area contributed by atoms with Gasteiger partial charge in [-0.15, -0.1) is 0 Å².